The van der Waals surface area contributed by atoms with E-state index in [9.17, 15) is 9.00 Å². The van der Waals surface area contributed by atoms with Crippen molar-refractivity contribution in [3.8, 4) is 0 Å². The number of pyridine rings is 1. The minimum Gasteiger partial charge on any atom is -0.364 e. The maximum Gasteiger partial charge on any atom is 0.267 e. The summed E-state index contributed by atoms with van der Waals surface area (Å²) in [6.45, 7) is 3.83. The van der Waals surface area contributed by atoms with Crippen LogP contribution in [0.2, 0.25) is 0 Å². The quantitative estimate of drug-likeness (QED) is 0.792. The fourth-order valence-corrected chi connectivity index (χ4v) is 2.21. The van der Waals surface area contributed by atoms with Crippen LogP contribution in [0.4, 0.5) is 0 Å². The summed E-state index contributed by atoms with van der Waals surface area (Å²) in [5.41, 5.74) is 6.27. The van der Waals surface area contributed by atoms with E-state index >= 15 is 0 Å². The van der Waals surface area contributed by atoms with Gasteiger partial charge in [-0.05, 0) is 24.1 Å². The molecule has 1 heterocycles. The van der Waals surface area contributed by atoms with Gasteiger partial charge in [0.1, 0.15) is 5.69 Å². The average molecular weight is 255 g/mol. The maximum atomic E-state index is 11.5. The number of hydrogen-bond donors (Lipinski definition) is 2. The molecule has 0 saturated heterocycles. The molecule has 3 N–H and O–H groups in total. The first-order chi connectivity index (χ1) is 8.08. The molecule has 0 fully saturated rings. The van der Waals surface area contributed by atoms with Gasteiger partial charge in [0, 0.05) is 18.0 Å². The molecule has 0 aliphatic carbocycles. The molecule has 0 radical (unpaired) electrons. The predicted molar refractivity (Wildman–Crippen MR) is 67.6 cm³/mol. The zero-order chi connectivity index (χ0) is 12.8. The van der Waals surface area contributed by atoms with E-state index in [1.54, 1.807) is 12.1 Å². The minimum atomic E-state index is -1.06. The number of amides is 1. The van der Waals surface area contributed by atoms with Gasteiger partial charge < -0.3 is 5.73 Å². The highest BCUT2D eigenvalue weighted by atomic mass is 32.2. The number of hydrogen-bond acceptors (Lipinski definition) is 3. The summed E-state index contributed by atoms with van der Waals surface area (Å²) in [7, 11) is -1.06. The van der Waals surface area contributed by atoms with Gasteiger partial charge in [0.05, 0.1) is 11.0 Å². The van der Waals surface area contributed by atoms with Crippen molar-refractivity contribution >= 4 is 16.9 Å². The molecule has 94 valence electrons. The lowest BCUT2D eigenvalue weighted by Gasteiger charge is -2.16. The lowest BCUT2D eigenvalue weighted by atomic mass is 10.1. The monoisotopic (exact) mass is 255 g/mol. The molecule has 0 aliphatic heterocycles. The molecular formula is C11H17N3O2S. The predicted octanol–water partition coefficient (Wildman–Crippen LogP) is 0.905. The molecule has 6 heteroatoms. The third kappa shape index (κ3) is 3.90. The van der Waals surface area contributed by atoms with Gasteiger partial charge in [0.15, 0.2) is 0 Å². The molecule has 0 bridgehead atoms. The smallest absolute Gasteiger partial charge is 0.267 e. The van der Waals surface area contributed by atoms with E-state index in [4.69, 9.17) is 5.73 Å². The van der Waals surface area contributed by atoms with E-state index in [0.717, 1.165) is 12.0 Å². The summed E-state index contributed by atoms with van der Waals surface area (Å²) >= 11 is 0. The number of carbonyl (C=O) groups excluding carboxylic acids is 1. The first-order valence-corrected chi connectivity index (χ1v) is 6.80. The highest BCUT2D eigenvalue weighted by Gasteiger charge is 2.13. The molecule has 0 aliphatic rings. The molecule has 1 rings (SSSR count). The second-order valence-electron chi connectivity index (χ2n) is 3.55. The van der Waals surface area contributed by atoms with Crippen LogP contribution in [0.1, 0.15) is 42.4 Å². The van der Waals surface area contributed by atoms with Gasteiger partial charge in [-0.15, -0.1) is 0 Å². The molecule has 5 nitrogen and oxygen atoms in total. The number of rotatable bonds is 6. The molecule has 0 saturated carbocycles. The van der Waals surface area contributed by atoms with E-state index in [-0.39, 0.29) is 11.7 Å². The molecule has 2 atom stereocenters. The van der Waals surface area contributed by atoms with Crippen molar-refractivity contribution in [2.75, 3.05) is 5.75 Å². The fourth-order valence-electron chi connectivity index (χ4n) is 1.43. The number of carbonyl (C=O) groups is 1. The SMILES string of the molecule is CCC(NS(=O)CC)c1ccnc(C(N)=O)c1. The van der Waals surface area contributed by atoms with Crippen molar-refractivity contribution in [1.29, 1.82) is 0 Å². The van der Waals surface area contributed by atoms with Gasteiger partial charge in [-0.25, -0.2) is 8.93 Å². The largest absolute Gasteiger partial charge is 0.364 e. The Balaban J connectivity index is 2.91. The van der Waals surface area contributed by atoms with Gasteiger partial charge in [-0.3, -0.25) is 9.78 Å². The minimum absolute atomic E-state index is 0.0584. The molecule has 1 aromatic rings. The van der Waals surface area contributed by atoms with Crippen molar-refractivity contribution in [2.24, 2.45) is 5.73 Å². The van der Waals surface area contributed by atoms with E-state index in [0.29, 0.717) is 5.75 Å². The Morgan fingerprint density at radius 1 is 1.59 bits per heavy atom. The topological polar surface area (TPSA) is 85.1 Å². The number of nitrogens with zero attached hydrogens (tertiary/aromatic N) is 1. The Labute approximate surface area is 103 Å². The van der Waals surface area contributed by atoms with Crippen LogP contribution >= 0.6 is 0 Å². The van der Waals surface area contributed by atoms with Gasteiger partial charge in [0.25, 0.3) is 5.91 Å². The maximum absolute atomic E-state index is 11.5. The van der Waals surface area contributed by atoms with Crippen molar-refractivity contribution in [3.05, 3.63) is 29.6 Å². The summed E-state index contributed by atoms with van der Waals surface area (Å²) in [4.78, 5) is 14.9. The summed E-state index contributed by atoms with van der Waals surface area (Å²) in [6, 6.07) is 3.37. The third-order valence-corrected chi connectivity index (χ3v) is 3.45. The highest BCUT2D eigenvalue weighted by Crippen LogP contribution is 2.17. The Morgan fingerprint density at radius 2 is 2.29 bits per heavy atom. The lowest BCUT2D eigenvalue weighted by molar-refractivity contribution is 0.0995. The Hall–Kier alpha value is -1.27. The number of primary amides is 1. The molecule has 2 unspecified atom stereocenters. The van der Waals surface area contributed by atoms with Crippen molar-refractivity contribution in [3.63, 3.8) is 0 Å². The third-order valence-electron chi connectivity index (χ3n) is 2.38. The van der Waals surface area contributed by atoms with E-state index < -0.39 is 16.9 Å². The van der Waals surface area contributed by atoms with Crippen LogP contribution in [0.15, 0.2) is 18.3 Å². The Kier molecular flexibility index (Phi) is 5.24. The van der Waals surface area contributed by atoms with E-state index in [1.165, 1.54) is 6.20 Å². The van der Waals surface area contributed by atoms with Crippen molar-refractivity contribution in [2.45, 2.75) is 26.3 Å². The van der Waals surface area contributed by atoms with E-state index in [2.05, 4.69) is 9.71 Å². The zero-order valence-corrected chi connectivity index (χ0v) is 10.8. The summed E-state index contributed by atoms with van der Waals surface area (Å²) in [5, 5.41) is 0. The van der Waals surface area contributed by atoms with E-state index in [1.807, 2.05) is 13.8 Å². The van der Waals surface area contributed by atoms with Gasteiger partial charge in [-0.1, -0.05) is 13.8 Å². The van der Waals surface area contributed by atoms with Gasteiger partial charge >= 0.3 is 0 Å². The first kappa shape index (κ1) is 13.8. The standard InChI is InChI=1S/C11H17N3O2S/c1-3-9(14-17(16)4-2)8-5-6-13-10(7-8)11(12)15/h5-7,9,14H,3-4H2,1-2H3,(H2,12,15). The van der Waals surface area contributed by atoms with Crippen LogP contribution in [-0.4, -0.2) is 20.9 Å². The summed E-state index contributed by atoms with van der Waals surface area (Å²) < 4.78 is 14.5. The van der Waals surface area contributed by atoms with Crippen LogP contribution in [0.5, 0.6) is 0 Å². The van der Waals surface area contributed by atoms with Gasteiger partial charge in [0.2, 0.25) is 0 Å². The number of aromatic nitrogens is 1. The van der Waals surface area contributed by atoms with Crippen LogP contribution < -0.4 is 10.5 Å². The Bertz CT molecular complexity index is 423. The van der Waals surface area contributed by atoms with Crippen LogP contribution in [0.3, 0.4) is 0 Å². The number of nitrogens with two attached hydrogens (primary N) is 1. The van der Waals surface area contributed by atoms with Crippen LogP contribution in [-0.2, 0) is 11.0 Å². The molecular weight excluding hydrogens is 238 g/mol. The lowest BCUT2D eigenvalue weighted by Crippen LogP contribution is -2.25. The molecule has 0 spiro atoms. The van der Waals surface area contributed by atoms with Crippen molar-refractivity contribution in [1.82, 2.24) is 9.71 Å². The van der Waals surface area contributed by atoms with Crippen molar-refractivity contribution < 1.29 is 9.00 Å². The second kappa shape index (κ2) is 6.46. The highest BCUT2D eigenvalue weighted by molar-refractivity contribution is 7.82. The molecule has 1 amide bonds. The zero-order valence-electron chi connectivity index (χ0n) is 9.97. The fraction of sp³-hybridized carbons (Fsp3) is 0.455. The molecule has 17 heavy (non-hydrogen) atoms. The second-order valence-corrected chi connectivity index (χ2v) is 5.06. The normalized spacial score (nSPS) is 14.2. The first-order valence-electron chi connectivity index (χ1n) is 5.48. The summed E-state index contributed by atoms with van der Waals surface area (Å²) in [5.74, 6) is -0.0112. The van der Waals surface area contributed by atoms with Gasteiger partial charge in [-0.2, -0.15) is 0 Å². The van der Waals surface area contributed by atoms with Crippen LogP contribution in [0.25, 0.3) is 0 Å². The van der Waals surface area contributed by atoms with Crippen LogP contribution in [0, 0.1) is 0 Å². The summed E-state index contributed by atoms with van der Waals surface area (Å²) in [6.07, 6.45) is 2.31. The molecule has 1 aromatic heterocycles. The molecule has 0 aromatic carbocycles. The average Bonchev–Trinajstić information content (AvgIpc) is 2.35. The Morgan fingerprint density at radius 3 is 2.82 bits per heavy atom. The number of nitrogens with one attached hydrogen (secondary N) is 1.